The highest BCUT2D eigenvalue weighted by Crippen LogP contribution is 2.34. The Hall–Kier alpha value is -1.53. The summed E-state index contributed by atoms with van der Waals surface area (Å²) in [5, 5.41) is 13.8. The second kappa shape index (κ2) is 5.22. The van der Waals surface area contributed by atoms with Gasteiger partial charge in [0.15, 0.2) is 0 Å². The first-order valence-corrected chi connectivity index (χ1v) is 7.18. The number of aliphatic hydroxyl groups is 1. The fraction of sp³-hybridized carbons (Fsp3) is 0.385. The molecule has 0 bridgehead atoms. The Morgan fingerprint density at radius 1 is 1.37 bits per heavy atom. The summed E-state index contributed by atoms with van der Waals surface area (Å²) in [4.78, 5) is 4.39. The highest BCUT2D eigenvalue weighted by Gasteiger charge is 2.32. The molecule has 1 aliphatic rings. The lowest BCUT2D eigenvalue weighted by atomic mass is 10.1. The van der Waals surface area contributed by atoms with Crippen LogP contribution in [-0.2, 0) is 0 Å². The number of thioether (sulfide) groups is 1. The van der Waals surface area contributed by atoms with E-state index in [0.29, 0.717) is 17.5 Å². The molecular formula is C13H14N2O3S. The molecule has 0 aliphatic carbocycles. The Morgan fingerprint density at radius 3 is 2.95 bits per heavy atom. The monoisotopic (exact) mass is 278 g/mol. The predicted octanol–water partition coefficient (Wildman–Crippen LogP) is 1.94. The molecule has 2 unspecified atom stereocenters. The van der Waals surface area contributed by atoms with Crippen LogP contribution in [-0.4, -0.2) is 40.0 Å². The van der Waals surface area contributed by atoms with Gasteiger partial charge in [-0.3, -0.25) is 0 Å². The molecule has 6 heteroatoms. The molecule has 1 aliphatic heterocycles. The summed E-state index contributed by atoms with van der Waals surface area (Å²) < 4.78 is 10.6. The number of methoxy groups -OCH3 is 1. The maximum absolute atomic E-state index is 9.85. The average molecular weight is 278 g/mol. The zero-order valence-electron chi connectivity index (χ0n) is 10.4. The first-order chi connectivity index (χ1) is 9.29. The molecule has 1 fully saturated rings. The number of hydrogen-bond donors (Lipinski definition) is 1. The molecule has 0 saturated carbocycles. The van der Waals surface area contributed by atoms with Crippen LogP contribution in [0, 0.1) is 0 Å². The number of aromatic nitrogens is 2. The van der Waals surface area contributed by atoms with Crippen molar-refractivity contribution in [1.29, 1.82) is 0 Å². The molecule has 0 radical (unpaired) electrons. The molecule has 0 amide bonds. The molecule has 2 heterocycles. The second-order valence-electron chi connectivity index (χ2n) is 4.37. The highest BCUT2D eigenvalue weighted by atomic mass is 32.2. The normalized spacial score (nSPS) is 22.6. The first kappa shape index (κ1) is 12.5. The summed E-state index contributed by atoms with van der Waals surface area (Å²) in [7, 11) is 1.61. The molecule has 1 saturated heterocycles. The SMILES string of the molecule is COc1ccccc1-c1noc(C2CSCC2O)n1. The van der Waals surface area contributed by atoms with Gasteiger partial charge < -0.3 is 14.4 Å². The standard InChI is InChI=1S/C13H14N2O3S/c1-17-11-5-3-2-4-8(11)12-14-13(18-15-12)9-6-19-7-10(9)16/h2-5,9-10,16H,6-7H2,1H3. The van der Waals surface area contributed by atoms with Crippen molar-refractivity contribution in [3.63, 3.8) is 0 Å². The first-order valence-electron chi connectivity index (χ1n) is 6.02. The van der Waals surface area contributed by atoms with Crippen LogP contribution in [0.25, 0.3) is 11.4 Å². The molecule has 2 atom stereocenters. The van der Waals surface area contributed by atoms with Crippen LogP contribution in [0.1, 0.15) is 11.8 Å². The largest absolute Gasteiger partial charge is 0.496 e. The molecular weight excluding hydrogens is 264 g/mol. The third-order valence-corrected chi connectivity index (χ3v) is 4.33. The topological polar surface area (TPSA) is 68.4 Å². The second-order valence-corrected chi connectivity index (χ2v) is 5.44. The van der Waals surface area contributed by atoms with E-state index in [9.17, 15) is 5.11 Å². The van der Waals surface area contributed by atoms with Crippen molar-refractivity contribution in [2.24, 2.45) is 0 Å². The van der Waals surface area contributed by atoms with E-state index in [4.69, 9.17) is 9.26 Å². The van der Waals surface area contributed by atoms with Gasteiger partial charge in [0.05, 0.1) is 24.7 Å². The third-order valence-electron chi connectivity index (χ3n) is 3.16. The summed E-state index contributed by atoms with van der Waals surface area (Å²) in [6.07, 6.45) is -0.407. The lowest BCUT2D eigenvalue weighted by molar-refractivity contribution is 0.164. The third kappa shape index (κ3) is 2.33. The van der Waals surface area contributed by atoms with E-state index in [-0.39, 0.29) is 5.92 Å². The van der Waals surface area contributed by atoms with Gasteiger partial charge in [-0.2, -0.15) is 16.7 Å². The van der Waals surface area contributed by atoms with Crippen LogP contribution in [0.2, 0.25) is 0 Å². The van der Waals surface area contributed by atoms with E-state index in [1.165, 1.54) is 0 Å². The minimum Gasteiger partial charge on any atom is -0.496 e. The molecule has 1 N–H and O–H groups in total. The van der Waals surface area contributed by atoms with Crippen molar-refractivity contribution in [3.8, 4) is 17.1 Å². The lowest BCUT2D eigenvalue weighted by Crippen LogP contribution is -2.15. The lowest BCUT2D eigenvalue weighted by Gasteiger charge is -2.06. The van der Waals surface area contributed by atoms with Crippen molar-refractivity contribution in [2.75, 3.05) is 18.6 Å². The molecule has 3 rings (SSSR count). The van der Waals surface area contributed by atoms with Crippen LogP contribution >= 0.6 is 11.8 Å². The van der Waals surface area contributed by atoms with Gasteiger partial charge in [0, 0.05) is 11.5 Å². The van der Waals surface area contributed by atoms with Crippen LogP contribution < -0.4 is 4.74 Å². The maximum atomic E-state index is 9.85. The van der Waals surface area contributed by atoms with E-state index in [2.05, 4.69) is 10.1 Å². The summed E-state index contributed by atoms with van der Waals surface area (Å²) in [6, 6.07) is 7.52. The van der Waals surface area contributed by atoms with Crippen molar-refractivity contribution < 1.29 is 14.4 Å². The van der Waals surface area contributed by atoms with Gasteiger partial charge in [-0.25, -0.2) is 0 Å². The van der Waals surface area contributed by atoms with Gasteiger partial charge in [-0.1, -0.05) is 17.3 Å². The predicted molar refractivity (Wildman–Crippen MR) is 72.4 cm³/mol. The highest BCUT2D eigenvalue weighted by molar-refractivity contribution is 7.99. The average Bonchev–Trinajstić information content (AvgIpc) is 3.07. The van der Waals surface area contributed by atoms with Crippen LogP contribution in [0.4, 0.5) is 0 Å². The molecule has 100 valence electrons. The van der Waals surface area contributed by atoms with Crippen LogP contribution in [0.3, 0.4) is 0 Å². The Bertz CT molecular complexity index is 573. The molecule has 2 aromatic rings. The number of hydrogen-bond acceptors (Lipinski definition) is 6. The number of rotatable bonds is 3. The zero-order chi connectivity index (χ0) is 13.2. The van der Waals surface area contributed by atoms with E-state index in [1.807, 2.05) is 24.3 Å². The zero-order valence-corrected chi connectivity index (χ0v) is 11.3. The van der Waals surface area contributed by atoms with Gasteiger partial charge in [0.25, 0.3) is 0 Å². The summed E-state index contributed by atoms with van der Waals surface area (Å²) in [6.45, 7) is 0. The minimum atomic E-state index is -0.407. The quantitative estimate of drug-likeness (QED) is 0.925. The van der Waals surface area contributed by atoms with Gasteiger partial charge in [-0.05, 0) is 12.1 Å². The summed E-state index contributed by atoms with van der Waals surface area (Å²) in [5.41, 5.74) is 0.792. The van der Waals surface area contributed by atoms with Crippen molar-refractivity contribution >= 4 is 11.8 Å². The number of benzene rings is 1. The molecule has 0 spiro atoms. The Labute approximate surface area is 115 Å². The van der Waals surface area contributed by atoms with Gasteiger partial charge in [0.1, 0.15) is 5.75 Å². The maximum Gasteiger partial charge on any atom is 0.233 e. The minimum absolute atomic E-state index is 0.0686. The summed E-state index contributed by atoms with van der Waals surface area (Å²) in [5.74, 6) is 3.17. The summed E-state index contributed by atoms with van der Waals surface area (Å²) >= 11 is 1.70. The molecule has 1 aromatic heterocycles. The van der Waals surface area contributed by atoms with Gasteiger partial charge in [0.2, 0.25) is 11.7 Å². The molecule has 5 nitrogen and oxygen atoms in total. The van der Waals surface area contributed by atoms with Crippen LogP contribution in [0.5, 0.6) is 5.75 Å². The fourth-order valence-electron chi connectivity index (χ4n) is 2.10. The van der Waals surface area contributed by atoms with Gasteiger partial charge >= 0.3 is 0 Å². The van der Waals surface area contributed by atoms with E-state index in [1.54, 1.807) is 18.9 Å². The fourth-order valence-corrected chi connectivity index (χ4v) is 3.33. The molecule has 1 aromatic carbocycles. The molecule has 19 heavy (non-hydrogen) atoms. The number of nitrogens with zero attached hydrogens (tertiary/aromatic N) is 2. The number of aliphatic hydroxyl groups excluding tert-OH is 1. The Kier molecular flexibility index (Phi) is 3.44. The van der Waals surface area contributed by atoms with Crippen molar-refractivity contribution in [3.05, 3.63) is 30.2 Å². The Balaban J connectivity index is 1.92. The van der Waals surface area contributed by atoms with E-state index in [0.717, 1.165) is 17.1 Å². The smallest absolute Gasteiger partial charge is 0.233 e. The van der Waals surface area contributed by atoms with Crippen molar-refractivity contribution in [2.45, 2.75) is 12.0 Å². The Morgan fingerprint density at radius 2 is 2.21 bits per heavy atom. The van der Waals surface area contributed by atoms with Gasteiger partial charge in [-0.15, -0.1) is 0 Å². The van der Waals surface area contributed by atoms with E-state index < -0.39 is 6.10 Å². The number of ether oxygens (including phenoxy) is 1. The van der Waals surface area contributed by atoms with E-state index >= 15 is 0 Å². The van der Waals surface area contributed by atoms with Crippen molar-refractivity contribution in [1.82, 2.24) is 10.1 Å². The number of para-hydroxylation sites is 1. The van der Waals surface area contributed by atoms with Crippen LogP contribution in [0.15, 0.2) is 28.8 Å².